The number of methoxy groups -OCH3 is 1. The van der Waals surface area contributed by atoms with Crippen LogP contribution in [-0.4, -0.2) is 41.0 Å². The van der Waals surface area contributed by atoms with Crippen molar-refractivity contribution in [2.24, 2.45) is 0 Å². The summed E-state index contributed by atoms with van der Waals surface area (Å²) in [4.78, 5) is 21.9. The quantitative estimate of drug-likeness (QED) is 0.883. The van der Waals surface area contributed by atoms with Crippen molar-refractivity contribution in [3.63, 3.8) is 0 Å². The second-order valence-electron chi connectivity index (χ2n) is 5.12. The van der Waals surface area contributed by atoms with Crippen molar-refractivity contribution in [2.75, 3.05) is 19.5 Å². The largest absolute Gasteiger partial charge is 0.494 e. The van der Waals surface area contributed by atoms with Gasteiger partial charge in [0.2, 0.25) is 11.9 Å². The van der Waals surface area contributed by atoms with Crippen LogP contribution in [0.1, 0.15) is 12.5 Å². The summed E-state index contributed by atoms with van der Waals surface area (Å²) in [5, 5.41) is 2.64. The lowest BCUT2D eigenvalue weighted by Gasteiger charge is -2.23. The van der Waals surface area contributed by atoms with Crippen LogP contribution in [0.3, 0.4) is 0 Å². The minimum absolute atomic E-state index is 0.198. The number of nitrogens with one attached hydrogen (secondary N) is 1. The molecule has 0 saturated heterocycles. The van der Waals surface area contributed by atoms with Gasteiger partial charge < -0.3 is 4.74 Å². The van der Waals surface area contributed by atoms with Crippen molar-refractivity contribution in [1.29, 1.82) is 0 Å². The lowest BCUT2D eigenvalue weighted by molar-refractivity contribution is -0.120. The number of aromatic nitrogens is 2. The predicted octanol–water partition coefficient (Wildman–Crippen LogP) is 2.08. The molecule has 1 amide bonds. The highest BCUT2D eigenvalue weighted by atomic mass is 19.1. The van der Waals surface area contributed by atoms with Gasteiger partial charge in [-0.25, -0.2) is 14.4 Å². The highest BCUT2D eigenvalue weighted by molar-refractivity contribution is 5.92. The number of rotatable bonds is 6. The van der Waals surface area contributed by atoms with E-state index in [2.05, 4.69) is 15.3 Å². The smallest absolute Gasteiger partial charge is 0.243 e. The van der Waals surface area contributed by atoms with Gasteiger partial charge in [-0.15, -0.1) is 0 Å². The molecule has 1 heterocycles. The summed E-state index contributed by atoms with van der Waals surface area (Å²) >= 11 is 0. The predicted molar refractivity (Wildman–Crippen MR) is 84.5 cm³/mol. The molecule has 1 aromatic carbocycles. The first kappa shape index (κ1) is 16.8. The summed E-state index contributed by atoms with van der Waals surface area (Å²) in [6, 6.07) is 5.98. The average Bonchev–Trinajstić information content (AvgIpc) is 2.55. The number of hydrogen-bond acceptors (Lipinski definition) is 5. The summed E-state index contributed by atoms with van der Waals surface area (Å²) in [6.07, 6.45) is 3.11. The molecule has 1 atom stereocenters. The summed E-state index contributed by atoms with van der Waals surface area (Å²) in [5.41, 5.74) is 0.751. The number of likely N-dealkylation sites (N-methyl/N-ethyl adjacent to an activating group) is 1. The molecule has 2 rings (SSSR count). The van der Waals surface area contributed by atoms with Crippen molar-refractivity contribution in [3.05, 3.63) is 48.0 Å². The molecule has 0 fully saturated rings. The number of nitrogens with zero attached hydrogens (tertiary/aromatic N) is 3. The van der Waals surface area contributed by atoms with Gasteiger partial charge in [0, 0.05) is 18.9 Å². The fourth-order valence-electron chi connectivity index (χ4n) is 2.01. The summed E-state index contributed by atoms with van der Waals surface area (Å²) in [5.74, 6) is -0.197. The first-order chi connectivity index (χ1) is 11.0. The van der Waals surface area contributed by atoms with Crippen LogP contribution in [0, 0.1) is 5.82 Å². The van der Waals surface area contributed by atoms with Crippen LogP contribution >= 0.6 is 0 Å². The molecule has 0 aliphatic carbocycles. The number of anilines is 1. The molecule has 0 saturated carbocycles. The maximum absolute atomic E-state index is 13.7. The molecule has 0 spiro atoms. The molecular weight excluding hydrogens is 299 g/mol. The van der Waals surface area contributed by atoms with E-state index in [0.29, 0.717) is 6.54 Å². The second-order valence-corrected chi connectivity index (χ2v) is 5.12. The van der Waals surface area contributed by atoms with Gasteiger partial charge in [0.25, 0.3) is 0 Å². The van der Waals surface area contributed by atoms with E-state index < -0.39 is 11.9 Å². The number of amides is 1. The van der Waals surface area contributed by atoms with Crippen LogP contribution in [0.4, 0.5) is 10.3 Å². The van der Waals surface area contributed by atoms with Crippen molar-refractivity contribution in [1.82, 2.24) is 14.9 Å². The normalized spacial score (nSPS) is 12.0. The SMILES string of the molecule is COc1ccc(CN(C)[C@@H](C)C(=O)Nc2ncccn2)cc1F. The Bertz CT molecular complexity index is 666. The Morgan fingerprint density at radius 3 is 2.70 bits per heavy atom. The molecule has 122 valence electrons. The standard InChI is InChI=1S/C16H19FN4O2/c1-11(15(22)20-16-18-7-4-8-19-16)21(2)10-12-5-6-14(23-3)13(17)9-12/h4-9,11H,10H2,1-3H3,(H,18,19,20,22)/t11-/m0/s1. The van der Waals surface area contributed by atoms with Gasteiger partial charge in [-0.05, 0) is 37.7 Å². The van der Waals surface area contributed by atoms with Gasteiger partial charge in [0.15, 0.2) is 11.6 Å². The maximum atomic E-state index is 13.7. The first-order valence-corrected chi connectivity index (χ1v) is 7.12. The van der Waals surface area contributed by atoms with Gasteiger partial charge >= 0.3 is 0 Å². The monoisotopic (exact) mass is 318 g/mol. The molecule has 1 N–H and O–H groups in total. The summed E-state index contributed by atoms with van der Waals surface area (Å²) in [6.45, 7) is 2.18. The van der Waals surface area contributed by atoms with Crippen molar-refractivity contribution >= 4 is 11.9 Å². The number of hydrogen-bond donors (Lipinski definition) is 1. The maximum Gasteiger partial charge on any atom is 0.243 e. The third kappa shape index (κ3) is 4.46. The Kier molecular flexibility index (Phi) is 5.59. The Balaban J connectivity index is 1.97. The number of benzene rings is 1. The zero-order valence-electron chi connectivity index (χ0n) is 13.3. The van der Waals surface area contributed by atoms with Crippen LogP contribution < -0.4 is 10.1 Å². The molecule has 1 aromatic heterocycles. The van der Waals surface area contributed by atoms with Gasteiger partial charge in [-0.3, -0.25) is 15.0 Å². The molecule has 0 bridgehead atoms. The number of carbonyl (C=O) groups is 1. The zero-order valence-corrected chi connectivity index (χ0v) is 13.3. The highest BCUT2D eigenvalue weighted by Crippen LogP contribution is 2.19. The molecule has 0 unspecified atom stereocenters. The van der Waals surface area contributed by atoms with Crippen LogP contribution in [0.25, 0.3) is 0 Å². The van der Waals surface area contributed by atoms with E-state index in [1.165, 1.54) is 13.2 Å². The Morgan fingerprint density at radius 1 is 1.39 bits per heavy atom. The van der Waals surface area contributed by atoms with E-state index in [0.717, 1.165) is 5.56 Å². The van der Waals surface area contributed by atoms with Gasteiger partial charge in [-0.1, -0.05) is 6.07 Å². The lowest BCUT2D eigenvalue weighted by atomic mass is 10.1. The highest BCUT2D eigenvalue weighted by Gasteiger charge is 2.19. The molecule has 0 aliphatic rings. The van der Waals surface area contributed by atoms with Gasteiger partial charge in [0.05, 0.1) is 13.2 Å². The molecule has 7 heteroatoms. The Hall–Kier alpha value is -2.54. The molecule has 0 aliphatic heterocycles. The minimum atomic E-state index is -0.427. The minimum Gasteiger partial charge on any atom is -0.494 e. The van der Waals surface area contributed by atoms with Crippen LogP contribution in [0.15, 0.2) is 36.7 Å². The molecule has 23 heavy (non-hydrogen) atoms. The van der Waals surface area contributed by atoms with E-state index >= 15 is 0 Å². The van der Waals surface area contributed by atoms with Crippen molar-refractivity contribution < 1.29 is 13.9 Å². The average molecular weight is 318 g/mol. The second kappa shape index (κ2) is 7.64. The fourth-order valence-corrected chi connectivity index (χ4v) is 2.01. The van der Waals surface area contributed by atoms with Crippen LogP contribution in [0.2, 0.25) is 0 Å². The van der Waals surface area contributed by atoms with Crippen LogP contribution in [0.5, 0.6) is 5.75 Å². The van der Waals surface area contributed by atoms with Crippen molar-refractivity contribution in [3.8, 4) is 5.75 Å². The van der Waals surface area contributed by atoms with Gasteiger partial charge in [-0.2, -0.15) is 0 Å². The third-order valence-corrected chi connectivity index (χ3v) is 3.49. The molecular formula is C16H19FN4O2. The lowest BCUT2D eigenvalue weighted by Crippen LogP contribution is -2.39. The van der Waals surface area contributed by atoms with E-state index in [1.54, 1.807) is 49.5 Å². The molecule has 6 nitrogen and oxygen atoms in total. The third-order valence-electron chi connectivity index (χ3n) is 3.49. The van der Waals surface area contributed by atoms with Gasteiger partial charge in [0.1, 0.15) is 0 Å². The summed E-state index contributed by atoms with van der Waals surface area (Å²) < 4.78 is 18.6. The fraction of sp³-hybridized carbons (Fsp3) is 0.312. The molecule has 2 aromatic rings. The van der Waals surface area contributed by atoms with E-state index in [-0.39, 0.29) is 17.6 Å². The number of halogens is 1. The number of ether oxygens (including phenoxy) is 1. The molecule has 0 radical (unpaired) electrons. The summed E-state index contributed by atoms with van der Waals surface area (Å²) in [7, 11) is 3.21. The van der Waals surface area contributed by atoms with Crippen molar-refractivity contribution in [2.45, 2.75) is 19.5 Å². The Labute approximate surface area is 134 Å². The first-order valence-electron chi connectivity index (χ1n) is 7.12. The zero-order chi connectivity index (χ0) is 16.8. The van der Waals surface area contributed by atoms with E-state index in [4.69, 9.17) is 4.74 Å². The Morgan fingerprint density at radius 2 is 2.09 bits per heavy atom. The number of carbonyl (C=O) groups excluding carboxylic acids is 1. The topological polar surface area (TPSA) is 67.3 Å². The van der Waals surface area contributed by atoms with E-state index in [1.807, 2.05) is 0 Å². The van der Waals surface area contributed by atoms with Crippen LogP contribution in [-0.2, 0) is 11.3 Å². The van der Waals surface area contributed by atoms with E-state index in [9.17, 15) is 9.18 Å².